The minimum Gasteiger partial charge on any atom is -0.384 e. The van der Waals surface area contributed by atoms with Gasteiger partial charge in [-0.15, -0.1) is 0 Å². The van der Waals surface area contributed by atoms with Crippen LogP contribution in [0.1, 0.15) is 11.1 Å². The molecule has 1 N–H and O–H groups in total. The van der Waals surface area contributed by atoms with Gasteiger partial charge in [0.15, 0.2) is 0 Å². The van der Waals surface area contributed by atoms with Gasteiger partial charge in [0.25, 0.3) is 0 Å². The average molecular weight is 295 g/mol. The molecule has 6 heteroatoms. The first-order valence-electron chi connectivity index (χ1n) is 6.34. The highest BCUT2D eigenvalue weighted by Gasteiger charge is 2.28. The van der Waals surface area contributed by atoms with Crippen molar-refractivity contribution in [3.05, 3.63) is 29.3 Å². The van der Waals surface area contributed by atoms with Crippen LogP contribution in [0.3, 0.4) is 0 Å². The normalized spacial score (nSPS) is 16.5. The SMILES string of the molecule is Cc1ccc(S(=O)(=O)N2CCOCC2)c(C#CCO)c1. The summed E-state index contributed by atoms with van der Waals surface area (Å²) in [6.45, 7) is 3.08. The molecule has 0 saturated carbocycles. The fraction of sp³-hybridized carbons (Fsp3) is 0.429. The maximum absolute atomic E-state index is 12.6. The number of ether oxygens (including phenoxy) is 1. The Morgan fingerprint density at radius 3 is 2.70 bits per heavy atom. The highest BCUT2D eigenvalue weighted by molar-refractivity contribution is 7.89. The molecule has 0 bridgehead atoms. The third-order valence-corrected chi connectivity index (χ3v) is 4.98. The van der Waals surface area contributed by atoms with E-state index in [9.17, 15) is 8.42 Å². The second kappa shape index (κ2) is 6.37. The zero-order valence-electron chi connectivity index (χ0n) is 11.3. The minimum absolute atomic E-state index is 0.186. The number of aliphatic hydroxyl groups excluding tert-OH is 1. The lowest BCUT2D eigenvalue weighted by atomic mass is 10.1. The maximum atomic E-state index is 12.6. The zero-order chi connectivity index (χ0) is 14.6. The lowest BCUT2D eigenvalue weighted by Crippen LogP contribution is -2.40. The second-order valence-corrected chi connectivity index (χ2v) is 6.38. The summed E-state index contributed by atoms with van der Waals surface area (Å²) in [6, 6.07) is 5.04. The third kappa shape index (κ3) is 3.19. The molecule has 0 aliphatic carbocycles. The molecule has 0 unspecified atom stereocenters. The van der Waals surface area contributed by atoms with Crippen molar-refractivity contribution in [1.29, 1.82) is 0 Å². The van der Waals surface area contributed by atoms with Crippen LogP contribution in [0.5, 0.6) is 0 Å². The van der Waals surface area contributed by atoms with Crippen molar-refractivity contribution in [2.75, 3.05) is 32.9 Å². The van der Waals surface area contributed by atoms with E-state index in [-0.39, 0.29) is 11.5 Å². The van der Waals surface area contributed by atoms with Crippen molar-refractivity contribution in [3.63, 3.8) is 0 Å². The van der Waals surface area contributed by atoms with Crippen molar-refractivity contribution in [2.45, 2.75) is 11.8 Å². The van der Waals surface area contributed by atoms with E-state index < -0.39 is 10.0 Å². The molecular formula is C14H17NO4S. The van der Waals surface area contributed by atoms with Gasteiger partial charge in [0.05, 0.1) is 18.1 Å². The molecule has 1 saturated heterocycles. The molecule has 2 rings (SSSR count). The Hall–Kier alpha value is -1.39. The molecule has 0 spiro atoms. The first kappa shape index (κ1) is 15.0. The molecule has 0 amide bonds. The monoisotopic (exact) mass is 295 g/mol. The van der Waals surface area contributed by atoms with Crippen LogP contribution < -0.4 is 0 Å². The molecular weight excluding hydrogens is 278 g/mol. The van der Waals surface area contributed by atoms with Gasteiger partial charge >= 0.3 is 0 Å². The number of aliphatic hydroxyl groups is 1. The molecule has 1 heterocycles. The van der Waals surface area contributed by atoms with Gasteiger partial charge in [-0.2, -0.15) is 4.31 Å². The van der Waals surface area contributed by atoms with Crippen molar-refractivity contribution >= 4 is 10.0 Å². The van der Waals surface area contributed by atoms with Crippen molar-refractivity contribution in [3.8, 4) is 11.8 Å². The first-order chi connectivity index (χ1) is 9.55. The number of rotatable bonds is 2. The summed E-state index contributed by atoms with van der Waals surface area (Å²) in [7, 11) is -3.57. The fourth-order valence-corrected chi connectivity index (χ4v) is 3.56. The van der Waals surface area contributed by atoms with E-state index >= 15 is 0 Å². The van der Waals surface area contributed by atoms with Crippen LogP contribution in [0.2, 0.25) is 0 Å². The van der Waals surface area contributed by atoms with Crippen molar-refractivity contribution < 1.29 is 18.3 Å². The third-order valence-electron chi connectivity index (χ3n) is 3.03. The minimum atomic E-state index is -3.57. The number of morpholine rings is 1. The first-order valence-corrected chi connectivity index (χ1v) is 7.78. The Balaban J connectivity index is 2.45. The number of benzene rings is 1. The summed E-state index contributed by atoms with van der Waals surface area (Å²) >= 11 is 0. The molecule has 20 heavy (non-hydrogen) atoms. The number of sulfonamides is 1. The molecule has 1 fully saturated rings. The molecule has 1 aliphatic heterocycles. The van der Waals surface area contributed by atoms with Gasteiger partial charge in [0, 0.05) is 18.7 Å². The second-order valence-electron chi connectivity index (χ2n) is 4.48. The standard InChI is InChI=1S/C14H17NO4S/c1-12-4-5-14(13(11-12)3-2-8-16)20(17,18)15-6-9-19-10-7-15/h4-5,11,16H,6-10H2,1H3. The predicted molar refractivity (Wildman–Crippen MR) is 74.7 cm³/mol. The van der Waals surface area contributed by atoms with E-state index in [1.807, 2.05) is 6.92 Å². The quantitative estimate of drug-likeness (QED) is 0.800. The summed E-state index contributed by atoms with van der Waals surface area (Å²) in [5.74, 6) is 5.22. The van der Waals surface area contributed by atoms with E-state index in [2.05, 4.69) is 11.8 Å². The van der Waals surface area contributed by atoms with Gasteiger partial charge in [-0.3, -0.25) is 0 Å². The summed E-state index contributed by atoms with van der Waals surface area (Å²) in [6.07, 6.45) is 0. The summed E-state index contributed by atoms with van der Waals surface area (Å²) in [5, 5.41) is 8.79. The van der Waals surface area contributed by atoms with Gasteiger partial charge in [-0.1, -0.05) is 17.9 Å². The lowest BCUT2D eigenvalue weighted by molar-refractivity contribution is 0.0730. The number of hydrogen-bond donors (Lipinski definition) is 1. The van der Waals surface area contributed by atoms with Gasteiger partial charge in [0.1, 0.15) is 6.61 Å². The molecule has 5 nitrogen and oxygen atoms in total. The molecule has 0 atom stereocenters. The smallest absolute Gasteiger partial charge is 0.244 e. The zero-order valence-corrected chi connectivity index (χ0v) is 12.1. The van der Waals surface area contributed by atoms with E-state index in [0.29, 0.717) is 31.9 Å². The van der Waals surface area contributed by atoms with E-state index in [4.69, 9.17) is 9.84 Å². The lowest BCUT2D eigenvalue weighted by Gasteiger charge is -2.26. The number of nitrogens with zero attached hydrogens (tertiary/aromatic N) is 1. The van der Waals surface area contributed by atoms with E-state index in [0.717, 1.165) is 5.56 Å². The number of hydrogen-bond acceptors (Lipinski definition) is 4. The van der Waals surface area contributed by atoms with Crippen LogP contribution in [0.15, 0.2) is 23.1 Å². The van der Waals surface area contributed by atoms with Crippen molar-refractivity contribution in [2.24, 2.45) is 0 Å². The maximum Gasteiger partial charge on any atom is 0.244 e. The van der Waals surface area contributed by atoms with Crippen molar-refractivity contribution in [1.82, 2.24) is 4.31 Å². The van der Waals surface area contributed by atoms with Crippen LogP contribution in [-0.2, 0) is 14.8 Å². The molecule has 0 aromatic heterocycles. The van der Waals surface area contributed by atoms with Gasteiger partial charge in [0.2, 0.25) is 10.0 Å². The largest absolute Gasteiger partial charge is 0.384 e. The molecule has 0 radical (unpaired) electrons. The van der Waals surface area contributed by atoms with Gasteiger partial charge < -0.3 is 9.84 Å². The highest BCUT2D eigenvalue weighted by Crippen LogP contribution is 2.21. The van der Waals surface area contributed by atoms with Crippen LogP contribution in [0.25, 0.3) is 0 Å². The molecule has 1 aromatic rings. The number of aryl methyl sites for hydroxylation is 1. The Labute approximate surface area is 119 Å². The Morgan fingerprint density at radius 1 is 1.35 bits per heavy atom. The summed E-state index contributed by atoms with van der Waals surface area (Å²) < 4.78 is 31.8. The molecule has 1 aliphatic rings. The summed E-state index contributed by atoms with van der Waals surface area (Å²) in [4.78, 5) is 0.186. The van der Waals surface area contributed by atoms with Gasteiger partial charge in [-0.25, -0.2) is 8.42 Å². The Morgan fingerprint density at radius 2 is 2.05 bits per heavy atom. The van der Waals surface area contributed by atoms with Crippen LogP contribution in [-0.4, -0.2) is 50.7 Å². The fourth-order valence-electron chi connectivity index (χ4n) is 2.03. The predicted octanol–water partition coefficient (Wildman–Crippen LogP) is 0.360. The topological polar surface area (TPSA) is 66.8 Å². The van der Waals surface area contributed by atoms with E-state index in [1.54, 1.807) is 18.2 Å². The molecule has 1 aromatic carbocycles. The van der Waals surface area contributed by atoms with Crippen LogP contribution >= 0.6 is 0 Å². The van der Waals surface area contributed by atoms with E-state index in [1.165, 1.54) is 4.31 Å². The van der Waals surface area contributed by atoms with Crippen LogP contribution in [0.4, 0.5) is 0 Å². The highest BCUT2D eigenvalue weighted by atomic mass is 32.2. The summed E-state index contributed by atoms with van der Waals surface area (Å²) in [5.41, 5.74) is 1.35. The van der Waals surface area contributed by atoms with Gasteiger partial charge in [-0.05, 0) is 24.6 Å². The average Bonchev–Trinajstić information content (AvgIpc) is 2.46. The van der Waals surface area contributed by atoms with Crippen LogP contribution in [0, 0.1) is 18.8 Å². The molecule has 108 valence electrons. The Kier molecular flexibility index (Phi) is 4.78. The Bertz CT molecular complexity index is 637.